The van der Waals surface area contributed by atoms with E-state index < -0.39 is 12.1 Å². The van der Waals surface area contributed by atoms with E-state index in [2.05, 4.69) is 11.9 Å². The van der Waals surface area contributed by atoms with Gasteiger partial charge in [0.25, 0.3) is 0 Å². The molecule has 1 atom stereocenters. The van der Waals surface area contributed by atoms with E-state index in [0.29, 0.717) is 6.42 Å². The number of likely N-dealkylation sites (tertiary alicyclic amines) is 1. The maximum atomic E-state index is 12.5. The van der Waals surface area contributed by atoms with Crippen molar-refractivity contribution < 1.29 is 14.3 Å². The Morgan fingerprint density at radius 3 is 2.52 bits per heavy atom. The molecule has 1 saturated heterocycles. The van der Waals surface area contributed by atoms with Gasteiger partial charge in [-0.05, 0) is 31.7 Å². The number of hydrogen-bond acceptors (Lipinski definition) is 3. The van der Waals surface area contributed by atoms with Crippen LogP contribution in [-0.2, 0) is 16.1 Å². The average Bonchev–Trinajstić information content (AvgIpc) is 3.06. The predicted molar refractivity (Wildman–Crippen MR) is 88.8 cm³/mol. The summed E-state index contributed by atoms with van der Waals surface area (Å²) in [6.07, 6.45) is 1.89. The van der Waals surface area contributed by atoms with Crippen LogP contribution in [0.2, 0.25) is 0 Å². The van der Waals surface area contributed by atoms with E-state index in [0.717, 1.165) is 37.1 Å². The highest BCUT2D eigenvalue weighted by Gasteiger charge is 2.28. The van der Waals surface area contributed by atoms with Crippen LogP contribution in [0.3, 0.4) is 0 Å². The van der Waals surface area contributed by atoms with Gasteiger partial charge in [0.2, 0.25) is 5.91 Å². The van der Waals surface area contributed by atoms with Crippen molar-refractivity contribution in [3.05, 3.63) is 48.0 Å². The zero-order valence-electron chi connectivity index (χ0n) is 13.6. The Kier molecular flexibility index (Phi) is 6.20. The topological polar surface area (TPSA) is 58.6 Å². The smallest absolute Gasteiger partial charge is 0.408 e. The minimum absolute atomic E-state index is 0.0536. The molecule has 0 radical (unpaired) electrons. The van der Waals surface area contributed by atoms with Crippen LogP contribution in [0.5, 0.6) is 0 Å². The highest BCUT2D eigenvalue weighted by molar-refractivity contribution is 5.86. The lowest BCUT2D eigenvalue weighted by Crippen LogP contribution is -2.48. The van der Waals surface area contributed by atoms with E-state index in [9.17, 15) is 9.59 Å². The summed E-state index contributed by atoms with van der Waals surface area (Å²) < 4.78 is 5.20. The van der Waals surface area contributed by atoms with Crippen molar-refractivity contribution in [2.45, 2.75) is 38.8 Å². The number of hydrogen-bond donors (Lipinski definition) is 1. The first-order valence-electron chi connectivity index (χ1n) is 7.96. The molecule has 0 saturated carbocycles. The SMILES string of the molecule is C=C(C)C[C@H](NC(=O)OCc1ccccc1)C(=O)N1CCCC1. The van der Waals surface area contributed by atoms with Gasteiger partial charge in [-0.3, -0.25) is 4.79 Å². The van der Waals surface area contributed by atoms with Crippen molar-refractivity contribution >= 4 is 12.0 Å². The summed E-state index contributed by atoms with van der Waals surface area (Å²) in [6.45, 7) is 7.39. The summed E-state index contributed by atoms with van der Waals surface area (Å²) in [6, 6.07) is 8.84. The van der Waals surface area contributed by atoms with E-state index in [-0.39, 0.29) is 12.5 Å². The maximum Gasteiger partial charge on any atom is 0.408 e. The lowest BCUT2D eigenvalue weighted by molar-refractivity contribution is -0.132. The molecule has 23 heavy (non-hydrogen) atoms. The Hall–Kier alpha value is -2.30. The van der Waals surface area contributed by atoms with Crippen LogP contribution < -0.4 is 5.32 Å². The van der Waals surface area contributed by atoms with Crippen molar-refractivity contribution in [2.24, 2.45) is 0 Å². The van der Waals surface area contributed by atoms with Crippen molar-refractivity contribution in [3.8, 4) is 0 Å². The highest BCUT2D eigenvalue weighted by Crippen LogP contribution is 2.13. The van der Waals surface area contributed by atoms with E-state index >= 15 is 0 Å². The number of amides is 2. The lowest BCUT2D eigenvalue weighted by atomic mass is 10.1. The second-order valence-corrected chi connectivity index (χ2v) is 5.95. The summed E-state index contributed by atoms with van der Waals surface area (Å²) >= 11 is 0. The predicted octanol–water partition coefficient (Wildman–Crippen LogP) is 2.87. The first-order valence-corrected chi connectivity index (χ1v) is 7.96. The van der Waals surface area contributed by atoms with E-state index in [1.807, 2.05) is 37.3 Å². The standard InChI is InChI=1S/C18H24N2O3/c1-14(2)12-16(17(21)20-10-6-7-11-20)19-18(22)23-13-15-8-4-3-5-9-15/h3-5,8-9,16H,1,6-7,10-13H2,2H3,(H,19,22)/t16-/m0/s1. The van der Waals surface area contributed by atoms with Crippen molar-refractivity contribution in [3.63, 3.8) is 0 Å². The number of nitrogens with one attached hydrogen (secondary N) is 1. The Morgan fingerprint density at radius 2 is 1.91 bits per heavy atom. The molecule has 1 N–H and O–H groups in total. The number of alkyl carbamates (subject to hydrolysis) is 1. The molecule has 0 aliphatic carbocycles. The summed E-state index contributed by atoms with van der Waals surface area (Å²) in [7, 11) is 0. The van der Waals surface area contributed by atoms with Crippen LogP contribution in [0.1, 0.15) is 31.7 Å². The van der Waals surface area contributed by atoms with Gasteiger partial charge >= 0.3 is 6.09 Å². The van der Waals surface area contributed by atoms with Crippen molar-refractivity contribution in [1.29, 1.82) is 0 Å². The number of carbonyl (C=O) groups excluding carboxylic acids is 2. The number of carbonyl (C=O) groups is 2. The summed E-state index contributed by atoms with van der Waals surface area (Å²) in [5.41, 5.74) is 1.76. The van der Waals surface area contributed by atoms with Crippen LogP contribution in [0, 0.1) is 0 Å². The van der Waals surface area contributed by atoms with Gasteiger partial charge in [-0.15, -0.1) is 6.58 Å². The number of nitrogens with zero attached hydrogens (tertiary/aromatic N) is 1. The Bertz CT molecular complexity index is 551. The normalized spacial score (nSPS) is 15.1. The van der Waals surface area contributed by atoms with Crippen LogP contribution in [0.15, 0.2) is 42.5 Å². The van der Waals surface area contributed by atoms with Crippen molar-refractivity contribution in [2.75, 3.05) is 13.1 Å². The van der Waals surface area contributed by atoms with Crippen molar-refractivity contribution in [1.82, 2.24) is 10.2 Å². The summed E-state index contributed by atoms with van der Waals surface area (Å²) in [4.78, 5) is 26.3. The van der Waals surface area contributed by atoms with Gasteiger partial charge in [-0.25, -0.2) is 4.79 Å². The third-order valence-corrected chi connectivity index (χ3v) is 3.77. The molecule has 1 aliphatic heterocycles. The molecule has 1 heterocycles. The Labute approximate surface area is 137 Å². The molecule has 0 aromatic heterocycles. The highest BCUT2D eigenvalue weighted by atomic mass is 16.5. The molecule has 2 amide bonds. The molecule has 0 spiro atoms. The molecule has 1 aromatic rings. The van der Waals surface area contributed by atoms with E-state index in [4.69, 9.17) is 4.74 Å². The molecular formula is C18H24N2O3. The molecule has 1 aromatic carbocycles. The van der Waals surface area contributed by atoms with Gasteiger partial charge < -0.3 is 15.0 Å². The van der Waals surface area contributed by atoms with Crippen LogP contribution >= 0.6 is 0 Å². The fourth-order valence-electron chi connectivity index (χ4n) is 2.61. The third kappa shape index (κ3) is 5.43. The maximum absolute atomic E-state index is 12.5. The number of benzene rings is 1. The molecule has 2 rings (SSSR count). The molecule has 1 fully saturated rings. The molecule has 124 valence electrons. The quantitative estimate of drug-likeness (QED) is 0.821. The fraction of sp³-hybridized carbons (Fsp3) is 0.444. The van der Waals surface area contributed by atoms with Gasteiger partial charge in [0.15, 0.2) is 0 Å². The second kappa shape index (κ2) is 8.36. The molecule has 5 heteroatoms. The zero-order chi connectivity index (χ0) is 16.7. The van der Waals surface area contributed by atoms with E-state index in [1.165, 1.54) is 0 Å². The number of rotatable bonds is 6. The largest absolute Gasteiger partial charge is 0.445 e. The fourth-order valence-corrected chi connectivity index (χ4v) is 2.61. The van der Waals surface area contributed by atoms with Crippen LogP contribution in [0.25, 0.3) is 0 Å². The third-order valence-electron chi connectivity index (χ3n) is 3.77. The minimum Gasteiger partial charge on any atom is -0.445 e. The van der Waals surface area contributed by atoms with Gasteiger partial charge in [0.1, 0.15) is 12.6 Å². The Morgan fingerprint density at radius 1 is 1.26 bits per heavy atom. The minimum atomic E-state index is -0.603. The van der Waals surface area contributed by atoms with Gasteiger partial charge in [0, 0.05) is 13.1 Å². The number of ether oxygens (including phenoxy) is 1. The van der Waals surface area contributed by atoms with Gasteiger partial charge in [-0.2, -0.15) is 0 Å². The summed E-state index contributed by atoms with van der Waals surface area (Å²) in [5.74, 6) is -0.0536. The molecule has 1 aliphatic rings. The molecular weight excluding hydrogens is 292 g/mol. The zero-order valence-corrected chi connectivity index (χ0v) is 13.6. The second-order valence-electron chi connectivity index (χ2n) is 5.95. The Balaban J connectivity index is 1.89. The van der Waals surface area contributed by atoms with Gasteiger partial charge in [0.05, 0.1) is 0 Å². The lowest BCUT2D eigenvalue weighted by Gasteiger charge is -2.24. The summed E-state index contributed by atoms with van der Waals surface area (Å²) in [5, 5.41) is 2.68. The average molecular weight is 316 g/mol. The molecule has 0 bridgehead atoms. The van der Waals surface area contributed by atoms with Crippen LogP contribution in [0.4, 0.5) is 4.79 Å². The first kappa shape index (κ1) is 17.1. The van der Waals surface area contributed by atoms with Crippen LogP contribution in [-0.4, -0.2) is 36.0 Å². The molecule has 5 nitrogen and oxygen atoms in total. The van der Waals surface area contributed by atoms with E-state index in [1.54, 1.807) is 4.90 Å². The van der Waals surface area contributed by atoms with Gasteiger partial charge in [-0.1, -0.05) is 35.9 Å². The first-order chi connectivity index (χ1) is 11.1. The molecule has 0 unspecified atom stereocenters. The monoisotopic (exact) mass is 316 g/mol.